The second kappa shape index (κ2) is 13.7. The molecule has 0 heterocycles. The van der Waals surface area contributed by atoms with E-state index in [1.165, 1.54) is 0 Å². The Balaban J connectivity index is 2.01. The van der Waals surface area contributed by atoms with E-state index in [0.29, 0.717) is 6.54 Å². The number of nitrogens with zero attached hydrogens (tertiary/aromatic N) is 1. The van der Waals surface area contributed by atoms with Crippen molar-refractivity contribution in [2.24, 2.45) is 0 Å². The van der Waals surface area contributed by atoms with Crippen LogP contribution >= 0.6 is 0 Å². The molecule has 0 saturated heterocycles. The molecular weight excluding hydrogens is 506 g/mol. The number of carbonyl (C=O) groups excluding carboxylic acids is 3. The zero-order valence-corrected chi connectivity index (χ0v) is 24.8. The number of ether oxygens (including phenoxy) is 1. The largest absolute Gasteiger partial charge is 0.508 e. The fraction of sp³-hybridized carbons (Fsp3) is 0.531. The minimum atomic E-state index is -0.972. The molecule has 0 bridgehead atoms. The summed E-state index contributed by atoms with van der Waals surface area (Å²) in [5.74, 6) is -0.437. The minimum absolute atomic E-state index is 0.111. The number of phenolic OH excluding ortho intramolecular Hbond substituents is 1. The van der Waals surface area contributed by atoms with Crippen molar-refractivity contribution in [3.8, 4) is 5.75 Å². The summed E-state index contributed by atoms with van der Waals surface area (Å²) in [6, 6.07) is 10.5. The van der Waals surface area contributed by atoms with E-state index in [2.05, 4.69) is 17.6 Å². The van der Waals surface area contributed by atoms with Gasteiger partial charge in [0, 0.05) is 19.0 Å². The van der Waals surface area contributed by atoms with Crippen molar-refractivity contribution in [1.29, 1.82) is 0 Å². The number of aryl methyl sites for hydroxylation is 2. The van der Waals surface area contributed by atoms with Gasteiger partial charge in [-0.1, -0.05) is 50.1 Å². The maximum Gasteiger partial charge on any atom is 0.408 e. The Hall–Kier alpha value is -3.55. The molecule has 1 aliphatic rings. The number of benzene rings is 2. The molecule has 3 rings (SSSR count). The third-order valence-corrected chi connectivity index (χ3v) is 6.98. The molecule has 0 aliphatic heterocycles. The Bertz CT molecular complexity index is 1150. The van der Waals surface area contributed by atoms with Gasteiger partial charge in [-0.25, -0.2) is 4.79 Å². The van der Waals surface area contributed by atoms with Gasteiger partial charge in [0.25, 0.3) is 0 Å². The molecule has 2 aromatic rings. The molecule has 8 heteroatoms. The topological polar surface area (TPSA) is 108 Å². The van der Waals surface area contributed by atoms with Crippen molar-refractivity contribution in [2.75, 3.05) is 6.54 Å². The lowest BCUT2D eigenvalue weighted by Crippen LogP contribution is -2.54. The Labute approximate surface area is 238 Å². The summed E-state index contributed by atoms with van der Waals surface area (Å²) in [4.78, 5) is 42.9. The van der Waals surface area contributed by atoms with Crippen molar-refractivity contribution in [1.82, 2.24) is 15.5 Å². The first-order valence-electron chi connectivity index (χ1n) is 14.3. The van der Waals surface area contributed by atoms with Gasteiger partial charge in [0.15, 0.2) is 0 Å². The molecule has 0 radical (unpaired) electrons. The maximum absolute atomic E-state index is 14.4. The number of amides is 3. The number of nitrogens with one attached hydrogen (secondary N) is 2. The Morgan fingerprint density at radius 1 is 1.02 bits per heavy atom. The van der Waals surface area contributed by atoms with Crippen LogP contribution in [0, 0.1) is 13.8 Å². The molecule has 2 aromatic carbocycles. The van der Waals surface area contributed by atoms with Gasteiger partial charge >= 0.3 is 6.09 Å². The molecule has 40 heavy (non-hydrogen) atoms. The van der Waals surface area contributed by atoms with E-state index in [9.17, 15) is 19.5 Å². The number of unbranched alkanes of at least 4 members (excludes halogenated alkanes) is 2. The molecule has 2 atom stereocenters. The lowest BCUT2D eigenvalue weighted by Gasteiger charge is -2.36. The van der Waals surface area contributed by atoms with Crippen molar-refractivity contribution in [2.45, 2.75) is 104 Å². The average Bonchev–Trinajstić information content (AvgIpc) is 3.70. The molecule has 3 amide bonds. The number of hydrogen-bond acceptors (Lipinski definition) is 5. The third kappa shape index (κ3) is 8.73. The van der Waals surface area contributed by atoms with Crippen molar-refractivity contribution in [3.63, 3.8) is 0 Å². The van der Waals surface area contributed by atoms with Crippen LogP contribution in [-0.4, -0.2) is 52.1 Å². The van der Waals surface area contributed by atoms with Gasteiger partial charge in [-0.15, -0.1) is 0 Å². The third-order valence-electron chi connectivity index (χ3n) is 6.98. The van der Waals surface area contributed by atoms with E-state index in [0.717, 1.165) is 54.4 Å². The molecule has 0 aromatic heterocycles. The summed E-state index contributed by atoms with van der Waals surface area (Å²) in [6.07, 6.45) is 3.96. The fourth-order valence-electron chi connectivity index (χ4n) is 4.91. The smallest absolute Gasteiger partial charge is 0.408 e. The van der Waals surface area contributed by atoms with Gasteiger partial charge in [0.05, 0.1) is 0 Å². The predicted molar refractivity (Wildman–Crippen MR) is 156 cm³/mol. The van der Waals surface area contributed by atoms with Gasteiger partial charge in [-0.3, -0.25) is 9.59 Å². The van der Waals surface area contributed by atoms with Crippen molar-refractivity contribution < 1.29 is 24.2 Å². The standard InChI is InChI=1S/C32H45N3O5/c1-7-8-9-19-33-29(37)28(27-21(2)11-10-12-22(27)3)35(24-15-16-24)30(38)26(34-31(39)40-32(4,5)6)20-23-13-17-25(36)18-14-23/h10-14,17-18,24,26,28,36H,7-9,15-16,19-20H2,1-6H3,(H,33,37)(H,34,39). The van der Waals surface area contributed by atoms with Crippen LogP contribution in [0.4, 0.5) is 4.79 Å². The minimum Gasteiger partial charge on any atom is -0.508 e. The van der Waals surface area contributed by atoms with Gasteiger partial charge in [-0.2, -0.15) is 0 Å². The number of rotatable bonds is 12. The normalized spacial score (nSPS) is 14.7. The number of carbonyl (C=O) groups is 3. The van der Waals surface area contributed by atoms with Crippen LogP contribution in [0.15, 0.2) is 42.5 Å². The van der Waals surface area contributed by atoms with E-state index in [4.69, 9.17) is 4.74 Å². The summed E-state index contributed by atoms with van der Waals surface area (Å²) >= 11 is 0. The van der Waals surface area contributed by atoms with E-state index in [1.807, 2.05) is 32.0 Å². The first kappa shape index (κ1) is 31.0. The first-order chi connectivity index (χ1) is 18.9. The van der Waals surface area contributed by atoms with E-state index < -0.39 is 23.8 Å². The SMILES string of the molecule is CCCCCNC(=O)C(c1c(C)cccc1C)N(C(=O)C(Cc1ccc(O)cc1)NC(=O)OC(C)(C)C)C1CC1. The highest BCUT2D eigenvalue weighted by Crippen LogP contribution is 2.38. The number of alkyl carbamates (subject to hydrolysis) is 1. The molecular formula is C32H45N3O5. The molecule has 8 nitrogen and oxygen atoms in total. The second-order valence-electron chi connectivity index (χ2n) is 11.8. The van der Waals surface area contributed by atoms with Crippen molar-refractivity contribution >= 4 is 17.9 Å². The highest BCUT2D eigenvalue weighted by molar-refractivity contribution is 5.93. The van der Waals surface area contributed by atoms with E-state index >= 15 is 0 Å². The molecule has 1 aliphatic carbocycles. The lowest BCUT2D eigenvalue weighted by molar-refractivity contribution is -0.143. The second-order valence-corrected chi connectivity index (χ2v) is 11.8. The Morgan fingerprint density at radius 2 is 1.65 bits per heavy atom. The Morgan fingerprint density at radius 3 is 2.20 bits per heavy atom. The lowest BCUT2D eigenvalue weighted by atomic mass is 9.93. The van der Waals surface area contributed by atoms with E-state index in [-0.39, 0.29) is 30.0 Å². The van der Waals surface area contributed by atoms with Crippen LogP contribution in [0.5, 0.6) is 5.75 Å². The van der Waals surface area contributed by atoms with Crippen LogP contribution in [0.25, 0.3) is 0 Å². The van der Waals surface area contributed by atoms with Gasteiger partial charge in [0.2, 0.25) is 11.8 Å². The van der Waals surface area contributed by atoms with Gasteiger partial charge in [0.1, 0.15) is 23.4 Å². The fourth-order valence-corrected chi connectivity index (χ4v) is 4.91. The summed E-state index contributed by atoms with van der Waals surface area (Å²) in [6.45, 7) is 11.9. The highest BCUT2D eigenvalue weighted by atomic mass is 16.6. The first-order valence-corrected chi connectivity index (χ1v) is 14.3. The molecule has 2 unspecified atom stereocenters. The summed E-state index contributed by atoms with van der Waals surface area (Å²) in [7, 11) is 0. The van der Waals surface area contributed by atoms with Crippen molar-refractivity contribution in [3.05, 3.63) is 64.7 Å². The van der Waals surface area contributed by atoms with Crippen LogP contribution in [-0.2, 0) is 20.7 Å². The molecule has 218 valence electrons. The summed E-state index contributed by atoms with van der Waals surface area (Å²) in [5, 5.41) is 15.6. The summed E-state index contributed by atoms with van der Waals surface area (Å²) in [5.41, 5.74) is 2.70. The zero-order chi connectivity index (χ0) is 29.4. The Kier molecular flexibility index (Phi) is 10.6. The molecule has 1 fully saturated rings. The quantitative estimate of drug-likeness (QED) is 0.303. The van der Waals surface area contributed by atoms with Crippen LogP contribution in [0.3, 0.4) is 0 Å². The monoisotopic (exact) mass is 551 g/mol. The number of aromatic hydroxyl groups is 1. The zero-order valence-electron chi connectivity index (χ0n) is 24.8. The predicted octanol–water partition coefficient (Wildman–Crippen LogP) is 5.48. The number of phenols is 1. The van der Waals surface area contributed by atoms with Crippen LogP contribution in [0.1, 0.15) is 88.1 Å². The van der Waals surface area contributed by atoms with Crippen LogP contribution < -0.4 is 10.6 Å². The highest BCUT2D eigenvalue weighted by Gasteiger charge is 2.44. The average molecular weight is 552 g/mol. The summed E-state index contributed by atoms with van der Waals surface area (Å²) < 4.78 is 5.50. The molecule has 3 N–H and O–H groups in total. The van der Waals surface area contributed by atoms with Gasteiger partial charge < -0.3 is 25.4 Å². The number of hydrogen-bond donors (Lipinski definition) is 3. The molecule has 0 spiro atoms. The van der Waals surface area contributed by atoms with Crippen LogP contribution in [0.2, 0.25) is 0 Å². The van der Waals surface area contributed by atoms with Gasteiger partial charge in [-0.05, 0) is 88.3 Å². The van der Waals surface area contributed by atoms with E-state index in [1.54, 1.807) is 49.9 Å². The maximum atomic E-state index is 14.4. The molecule has 1 saturated carbocycles.